The van der Waals surface area contributed by atoms with Gasteiger partial charge in [0.15, 0.2) is 11.6 Å². The maximum absolute atomic E-state index is 13.8. The number of para-hydroxylation sites is 1. The molecule has 0 aliphatic carbocycles. The smallest absolute Gasteiger partial charge is 0.471 e. The van der Waals surface area contributed by atoms with Crippen molar-refractivity contribution in [3.05, 3.63) is 71.3 Å². The van der Waals surface area contributed by atoms with Gasteiger partial charge < -0.3 is 25.6 Å². The molecule has 204 valence electrons. The summed E-state index contributed by atoms with van der Waals surface area (Å²) in [5.41, 5.74) is 6.48. The number of nitrogens with two attached hydrogens (primary N) is 1. The fourth-order valence-electron chi connectivity index (χ4n) is 4.73. The van der Waals surface area contributed by atoms with E-state index in [0.717, 1.165) is 12.1 Å². The molecule has 13 heteroatoms. The largest absolute Gasteiger partial charge is 0.493 e. The second kappa shape index (κ2) is 9.64. The zero-order valence-corrected chi connectivity index (χ0v) is 19.9. The first kappa shape index (κ1) is 26.1. The highest BCUT2D eigenvalue weighted by Crippen LogP contribution is 2.47. The summed E-state index contributed by atoms with van der Waals surface area (Å²) in [6, 6.07) is 8.90. The summed E-state index contributed by atoms with van der Waals surface area (Å²) in [5.74, 6) is -5.71. The van der Waals surface area contributed by atoms with Crippen LogP contribution in [0.1, 0.15) is 29.5 Å². The van der Waals surface area contributed by atoms with Gasteiger partial charge in [0.05, 0.1) is 36.1 Å². The maximum Gasteiger partial charge on any atom is 0.471 e. The van der Waals surface area contributed by atoms with Crippen molar-refractivity contribution in [2.45, 2.75) is 24.6 Å². The average molecular weight is 549 g/mol. The van der Waals surface area contributed by atoms with E-state index in [2.05, 4.69) is 5.32 Å². The van der Waals surface area contributed by atoms with Gasteiger partial charge in [-0.15, -0.1) is 0 Å². The van der Waals surface area contributed by atoms with Crippen LogP contribution in [0.4, 0.5) is 44.7 Å². The Balaban J connectivity index is 1.52. The number of anilines is 4. The second-order valence-corrected chi connectivity index (χ2v) is 9.03. The van der Waals surface area contributed by atoms with Gasteiger partial charge in [-0.25, -0.2) is 8.78 Å². The van der Waals surface area contributed by atoms with Gasteiger partial charge in [0.25, 0.3) is 0 Å². The van der Waals surface area contributed by atoms with Crippen molar-refractivity contribution in [2.24, 2.45) is 0 Å². The Bertz CT molecular complexity index is 1480. The molecular formula is C26H20F5N3O5. The summed E-state index contributed by atoms with van der Waals surface area (Å²) in [4.78, 5) is 24.4. The molecule has 3 aromatic carbocycles. The monoisotopic (exact) mass is 549 g/mol. The molecule has 1 amide bonds. The number of fused-ring (bicyclic) bond motifs is 2. The summed E-state index contributed by atoms with van der Waals surface area (Å²) in [6.07, 6.45) is -5.45. The Morgan fingerprint density at radius 3 is 2.46 bits per heavy atom. The van der Waals surface area contributed by atoms with Crippen LogP contribution in [-0.2, 0) is 9.59 Å². The number of hydrogen-bond acceptors (Lipinski definition) is 6. The van der Waals surface area contributed by atoms with Crippen molar-refractivity contribution in [3.63, 3.8) is 0 Å². The van der Waals surface area contributed by atoms with E-state index in [1.54, 1.807) is 0 Å². The van der Waals surface area contributed by atoms with Gasteiger partial charge in [-0.2, -0.15) is 13.2 Å². The number of carbonyl (C=O) groups excluding carboxylic acids is 1. The van der Waals surface area contributed by atoms with Crippen LogP contribution in [0.5, 0.6) is 11.5 Å². The van der Waals surface area contributed by atoms with Gasteiger partial charge in [-0.1, -0.05) is 18.2 Å². The number of benzene rings is 3. The third-order valence-electron chi connectivity index (χ3n) is 6.50. The van der Waals surface area contributed by atoms with Gasteiger partial charge in [0.2, 0.25) is 0 Å². The number of halogens is 5. The molecule has 4 N–H and O–H groups in total. The number of alkyl halides is 3. The van der Waals surface area contributed by atoms with E-state index in [9.17, 15) is 31.5 Å². The molecule has 39 heavy (non-hydrogen) atoms. The normalized spacial score (nSPS) is 17.6. The average Bonchev–Trinajstić information content (AvgIpc) is 3.47. The number of amides is 1. The van der Waals surface area contributed by atoms with E-state index in [1.807, 2.05) is 0 Å². The van der Waals surface area contributed by atoms with Crippen LogP contribution < -0.4 is 25.4 Å². The number of nitrogens with one attached hydrogen (secondary N) is 1. The maximum atomic E-state index is 13.8. The fraction of sp³-hybridized carbons (Fsp3) is 0.231. The summed E-state index contributed by atoms with van der Waals surface area (Å²) in [5, 5.41) is 11.9. The van der Waals surface area contributed by atoms with E-state index >= 15 is 0 Å². The highest BCUT2D eigenvalue weighted by Gasteiger charge is 2.48. The Hall–Kier alpha value is -4.55. The summed E-state index contributed by atoms with van der Waals surface area (Å²) >= 11 is 0. The van der Waals surface area contributed by atoms with Crippen LogP contribution >= 0.6 is 0 Å². The molecule has 0 unspecified atom stereocenters. The first-order chi connectivity index (χ1) is 18.4. The molecule has 0 aromatic heterocycles. The molecule has 2 heterocycles. The van der Waals surface area contributed by atoms with Gasteiger partial charge in [0.1, 0.15) is 18.1 Å². The third kappa shape index (κ3) is 4.87. The van der Waals surface area contributed by atoms with E-state index in [4.69, 9.17) is 20.3 Å². The second-order valence-electron chi connectivity index (χ2n) is 9.03. The number of nitrogens with zero attached hydrogens (tertiary/aromatic N) is 1. The van der Waals surface area contributed by atoms with E-state index in [0.29, 0.717) is 10.5 Å². The number of hydrogen-bond donors (Lipinski definition) is 3. The molecule has 2 aliphatic heterocycles. The van der Waals surface area contributed by atoms with Gasteiger partial charge in [0, 0.05) is 40.9 Å². The van der Waals surface area contributed by atoms with Crippen molar-refractivity contribution in [3.8, 4) is 11.5 Å². The molecule has 0 fully saturated rings. The first-order valence-corrected chi connectivity index (χ1v) is 11.6. The topological polar surface area (TPSA) is 114 Å². The number of carboxylic acids is 1. The van der Waals surface area contributed by atoms with Crippen molar-refractivity contribution in [1.82, 2.24) is 0 Å². The molecular weight excluding hydrogens is 529 g/mol. The molecule has 0 radical (unpaired) electrons. The van der Waals surface area contributed by atoms with E-state index in [-0.39, 0.29) is 59.4 Å². The molecule has 8 nitrogen and oxygen atoms in total. The molecule has 2 aliphatic rings. The fourth-order valence-corrected chi connectivity index (χ4v) is 4.73. The molecule has 3 aromatic rings. The Labute approximate surface area is 217 Å². The van der Waals surface area contributed by atoms with E-state index < -0.39 is 41.6 Å². The minimum atomic E-state index is -5.23. The Kier molecular flexibility index (Phi) is 6.44. The predicted octanol–water partition coefficient (Wildman–Crippen LogP) is 5.27. The molecule has 0 spiro atoms. The number of carbonyl (C=O) groups is 2. The summed E-state index contributed by atoms with van der Waals surface area (Å²) in [7, 11) is 0. The van der Waals surface area contributed by atoms with Crippen molar-refractivity contribution in [1.29, 1.82) is 0 Å². The van der Waals surface area contributed by atoms with Gasteiger partial charge >= 0.3 is 18.1 Å². The van der Waals surface area contributed by atoms with Crippen molar-refractivity contribution >= 4 is 34.6 Å². The van der Waals surface area contributed by atoms with Crippen LogP contribution in [0.25, 0.3) is 0 Å². The minimum Gasteiger partial charge on any atom is -0.493 e. The van der Waals surface area contributed by atoms with Crippen molar-refractivity contribution < 1.29 is 46.1 Å². The summed E-state index contributed by atoms with van der Waals surface area (Å²) < 4.78 is 79.7. The lowest BCUT2D eigenvalue weighted by Gasteiger charge is -2.29. The Morgan fingerprint density at radius 2 is 1.74 bits per heavy atom. The van der Waals surface area contributed by atoms with E-state index in [1.165, 1.54) is 36.4 Å². The highest BCUT2D eigenvalue weighted by atomic mass is 19.4. The SMILES string of the molecule is Nc1cc(F)c(F)cc1Nc1cccc2c1OC[C@H]2N(C(=O)C(F)(F)F)c1ccc2c(c1)OC[C@H]2CC(=O)O. The quantitative estimate of drug-likeness (QED) is 0.284. The number of carboxylic acid groups (broad SMARTS) is 1. The highest BCUT2D eigenvalue weighted by molar-refractivity contribution is 5.98. The minimum absolute atomic E-state index is 0.00394. The lowest BCUT2D eigenvalue weighted by Crippen LogP contribution is -2.44. The summed E-state index contributed by atoms with van der Waals surface area (Å²) in [6.45, 7) is -0.307. The lowest BCUT2D eigenvalue weighted by molar-refractivity contribution is -0.171. The van der Waals surface area contributed by atoms with Crippen LogP contribution in [0.15, 0.2) is 48.5 Å². The predicted molar refractivity (Wildman–Crippen MR) is 129 cm³/mol. The lowest BCUT2D eigenvalue weighted by atomic mass is 9.97. The first-order valence-electron chi connectivity index (χ1n) is 11.6. The van der Waals surface area contributed by atoms with Gasteiger partial charge in [-0.05, 0) is 12.1 Å². The number of nitrogen functional groups attached to an aromatic ring is 1. The van der Waals surface area contributed by atoms with Crippen LogP contribution in [-0.4, -0.2) is 36.4 Å². The number of aliphatic carboxylic acids is 1. The zero-order valence-electron chi connectivity index (χ0n) is 19.9. The number of ether oxygens (including phenoxy) is 2. The Morgan fingerprint density at radius 1 is 1.00 bits per heavy atom. The third-order valence-corrected chi connectivity index (χ3v) is 6.50. The van der Waals surface area contributed by atoms with Crippen LogP contribution in [0.2, 0.25) is 0 Å². The van der Waals surface area contributed by atoms with Crippen LogP contribution in [0, 0.1) is 11.6 Å². The van der Waals surface area contributed by atoms with Crippen molar-refractivity contribution in [2.75, 3.05) is 29.2 Å². The standard InChI is InChI=1S/C26H20F5N3O5/c27-16-8-18(32)20(9-17(16)28)33-19-3-1-2-15-21(11-39-24(15)19)34(25(37)26(29,30)31)13-4-5-14-12(6-23(35)36)10-38-22(14)7-13/h1-5,7-9,12,21,33H,6,10-11,32H2,(H,35,36)/t12-,21-/m1/s1. The molecule has 0 bridgehead atoms. The molecule has 0 saturated heterocycles. The van der Waals surface area contributed by atoms with Gasteiger partial charge in [-0.3, -0.25) is 14.5 Å². The number of rotatable bonds is 6. The van der Waals surface area contributed by atoms with Crippen LogP contribution in [0.3, 0.4) is 0 Å². The molecule has 5 rings (SSSR count). The zero-order chi connectivity index (χ0) is 28.1. The molecule has 2 atom stereocenters. The molecule has 0 saturated carbocycles.